The van der Waals surface area contributed by atoms with Gasteiger partial charge in [-0.1, -0.05) is 42.0 Å². The third-order valence-electron chi connectivity index (χ3n) is 3.78. The molecule has 0 aliphatic carbocycles. The van der Waals surface area contributed by atoms with Crippen molar-refractivity contribution < 1.29 is 0 Å². The Hall–Kier alpha value is -3.21. The molecular weight excluding hydrogens is 288 g/mol. The van der Waals surface area contributed by atoms with Crippen LogP contribution in [0.25, 0.3) is 21.9 Å². The van der Waals surface area contributed by atoms with E-state index < -0.39 is 0 Å². The zero-order chi connectivity index (χ0) is 15.8. The molecule has 0 aliphatic heterocycles. The molecule has 0 saturated carbocycles. The minimum atomic E-state index is -0.212. The second kappa shape index (κ2) is 5.21. The topological polar surface area (TPSA) is 63.0 Å². The minimum Gasteiger partial charge on any atom is -0.349 e. The van der Waals surface area contributed by atoms with E-state index in [4.69, 9.17) is 0 Å². The number of nitrogens with one attached hydrogen (secondary N) is 1. The highest BCUT2D eigenvalue weighted by Gasteiger charge is 2.10. The first-order valence-corrected chi connectivity index (χ1v) is 7.31. The van der Waals surface area contributed by atoms with Crippen LogP contribution in [0.3, 0.4) is 0 Å². The molecule has 2 aromatic heterocycles. The van der Waals surface area contributed by atoms with Gasteiger partial charge in [-0.05, 0) is 24.6 Å². The molecule has 0 fully saturated rings. The van der Waals surface area contributed by atoms with Gasteiger partial charge in [0.2, 0.25) is 0 Å². The number of rotatable bonds is 2. The Morgan fingerprint density at radius 3 is 2.83 bits per heavy atom. The van der Waals surface area contributed by atoms with Gasteiger partial charge in [0.25, 0.3) is 5.56 Å². The highest BCUT2D eigenvalue weighted by Crippen LogP contribution is 2.22. The highest BCUT2D eigenvalue weighted by atomic mass is 16.1. The summed E-state index contributed by atoms with van der Waals surface area (Å²) < 4.78 is 1.25. The van der Waals surface area contributed by atoms with Crippen LogP contribution in [0.4, 0.5) is 0 Å². The summed E-state index contributed by atoms with van der Waals surface area (Å²) in [5.74, 6) is 0. The summed E-state index contributed by atoms with van der Waals surface area (Å²) in [4.78, 5) is 20.1. The quantitative estimate of drug-likeness (QED) is 0.578. The van der Waals surface area contributed by atoms with E-state index in [0.29, 0.717) is 11.0 Å². The standard InChI is InChI=1S/C18H14N4O/c1-12-7-8-15-14(9-12)16-17(21-15)18(23)22(11-19-16)20-10-13-5-3-2-4-6-13/h2-11,21H,1H3. The number of benzene rings is 2. The van der Waals surface area contributed by atoms with Crippen LogP contribution in [0.15, 0.2) is 64.8 Å². The maximum Gasteiger partial charge on any atom is 0.298 e. The third-order valence-corrected chi connectivity index (χ3v) is 3.78. The van der Waals surface area contributed by atoms with Crippen LogP contribution in [0, 0.1) is 6.92 Å². The Labute approximate surface area is 131 Å². The summed E-state index contributed by atoms with van der Waals surface area (Å²) in [6, 6.07) is 15.6. The number of aryl methyl sites for hydroxylation is 1. The van der Waals surface area contributed by atoms with Crippen LogP contribution >= 0.6 is 0 Å². The van der Waals surface area contributed by atoms with E-state index in [1.807, 2.05) is 55.5 Å². The largest absolute Gasteiger partial charge is 0.349 e. The molecule has 0 spiro atoms. The van der Waals surface area contributed by atoms with Crippen molar-refractivity contribution in [3.63, 3.8) is 0 Å². The Kier molecular flexibility index (Phi) is 3.05. The molecule has 2 heterocycles. The van der Waals surface area contributed by atoms with Crippen molar-refractivity contribution in [1.82, 2.24) is 14.6 Å². The molecule has 0 amide bonds. The summed E-state index contributed by atoms with van der Waals surface area (Å²) in [5.41, 5.74) is 3.90. The van der Waals surface area contributed by atoms with Gasteiger partial charge in [-0.2, -0.15) is 9.78 Å². The van der Waals surface area contributed by atoms with E-state index in [9.17, 15) is 4.79 Å². The van der Waals surface area contributed by atoms with E-state index in [1.54, 1.807) is 6.21 Å². The van der Waals surface area contributed by atoms with Crippen molar-refractivity contribution in [3.8, 4) is 0 Å². The SMILES string of the molecule is Cc1ccc2[nH]c3c(=O)n(N=Cc4ccccc4)cnc3c2c1. The number of fused-ring (bicyclic) bond motifs is 3. The van der Waals surface area contributed by atoms with Crippen molar-refractivity contribution in [2.75, 3.05) is 0 Å². The van der Waals surface area contributed by atoms with Crippen molar-refractivity contribution in [3.05, 3.63) is 76.3 Å². The van der Waals surface area contributed by atoms with Crippen LogP contribution < -0.4 is 5.56 Å². The Morgan fingerprint density at radius 2 is 2.00 bits per heavy atom. The summed E-state index contributed by atoms with van der Waals surface area (Å²) in [6.45, 7) is 2.02. The fourth-order valence-electron chi connectivity index (χ4n) is 2.61. The first kappa shape index (κ1) is 13.5. The van der Waals surface area contributed by atoms with Crippen LogP contribution in [-0.4, -0.2) is 20.9 Å². The lowest BCUT2D eigenvalue weighted by molar-refractivity contribution is 0.815. The fourth-order valence-corrected chi connectivity index (χ4v) is 2.61. The molecule has 5 heteroatoms. The highest BCUT2D eigenvalue weighted by molar-refractivity contribution is 6.04. The van der Waals surface area contributed by atoms with Crippen molar-refractivity contribution in [2.45, 2.75) is 6.92 Å². The normalized spacial score (nSPS) is 11.7. The van der Waals surface area contributed by atoms with E-state index in [1.165, 1.54) is 11.0 Å². The second-order valence-corrected chi connectivity index (χ2v) is 5.45. The van der Waals surface area contributed by atoms with Crippen molar-refractivity contribution in [1.29, 1.82) is 0 Å². The first-order valence-electron chi connectivity index (χ1n) is 7.31. The molecule has 1 N–H and O–H groups in total. The van der Waals surface area contributed by atoms with Gasteiger partial charge in [0.05, 0.1) is 6.21 Å². The number of aromatic amines is 1. The lowest BCUT2D eigenvalue weighted by Gasteiger charge is -1.97. The first-order chi connectivity index (χ1) is 11.2. The van der Waals surface area contributed by atoms with E-state index in [-0.39, 0.29) is 5.56 Å². The summed E-state index contributed by atoms with van der Waals surface area (Å²) in [5, 5.41) is 5.17. The molecule has 4 rings (SSSR count). The monoisotopic (exact) mass is 302 g/mol. The van der Waals surface area contributed by atoms with Gasteiger partial charge < -0.3 is 4.98 Å². The van der Waals surface area contributed by atoms with Crippen LogP contribution in [0.1, 0.15) is 11.1 Å². The van der Waals surface area contributed by atoms with E-state index in [2.05, 4.69) is 15.1 Å². The van der Waals surface area contributed by atoms with Gasteiger partial charge in [0, 0.05) is 10.9 Å². The lowest BCUT2D eigenvalue weighted by Crippen LogP contribution is -2.17. The smallest absolute Gasteiger partial charge is 0.298 e. The Bertz CT molecular complexity index is 1090. The third kappa shape index (κ3) is 2.32. The average molecular weight is 302 g/mol. The summed E-state index contributed by atoms with van der Waals surface area (Å²) in [7, 11) is 0. The predicted molar refractivity (Wildman–Crippen MR) is 92.0 cm³/mol. The molecular formula is C18H14N4O. The Morgan fingerprint density at radius 1 is 1.17 bits per heavy atom. The second-order valence-electron chi connectivity index (χ2n) is 5.45. The molecule has 0 saturated heterocycles. The molecule has 23 heavy (non-hydrogen) atoms. The molecule has 0 radical (unpaired) electrons. The molecule has 112 valence electrons. The molecule has 2 aromatic carbocycles. The molecule has 0 aliphatic rings. The summed E-state index contributed by atoms with van der Waals surface area (Å²) >= 11 is 0. The van der Waals surface area contributed by atoms with Gasteiger partial charge in [-0.15, -0.1) is 0 Å². The van der Waals surface area contributed by atoms with Gasteiger partial charge in [0.1, 0.15) is 17.4 Å². The minimum absolute atomic E-state index is 0.212. The molecule has 0 bridgehead atoms. The van der Waals surface area contributed by atoms with Crippen molar-refractivity contribution in [2.24, 2.45) is 5.10 Å². The number of hydrogen-bond donors (Lipinski definition) is 1. The summed E-state index contributed by atoms with van der Waals surface area (Å²) in [6.07, 6.45) is 3.10. The van der Waals surface area contributed by atoms with Gasteiger partial charge >= 0.3 is 0 Å². The molecule has 0 unspecified atom stereocenters. The van der Waals surface area contributed by atoms with Crippen LogP contribution in [-0.2, 0) is 0 Å². The van der Waals surface area contributed by atoms with E-state index >= 15 is 0 Å². The maximum atomic E-state index is 12.6. The van der Waals surface area contributed by atoms with Gasteiger partial charge in [-0.25, -0.2) is 4.98 Å². The number of nitrogens with zero attached hydrogens (tertiary/aromatic N) is 3. The average Bonchev–Trinajstić information content (AvgIpc) is 2.94. The number of aromatic nitrogens is 3. The van der Waals surface area contributed by atoms with Gasteiger partial charge in [-0.3, -0.25) is 4.79 Å². The zero-order valence-corrected chi connectivity index (χ0v) is 12.5. The fraction of sp³-hybridized carbons (Fsp3) is 0.0556. The molecule has 0 atom stereocenters. The predicted octanol–water partition coefficient (Wildman–Crippen LogP) is 3.07. The molecule has 5 nitrogen and oxygen atoms in total. The number of H-pyrrole nitrogens is 1. The Balaban J connectivity index is 1.87. The van der Waals surface area contributed by atoms with Gasteiger partial charge in [0.15, 0.2) is 0 Å². The molecule has 4 aromatic rings. The van der Waals surface area contributed by atoms with Crippen LogP contribution in [0.2, 0.25) is 0 Å². The van der Waals surface area contributed by atoms with Crippen molar-refractivity contribution >= 4 is 28.2 Å². The maximum absolute atomic E-state index is 12.6. The van der Waals surface area contributed by atoms with Crippen LogP contribution in [0.5, 0.6) is 0 Å². The van der Waals surface area contributed by atoms with E-state index in [0.717, 1.165) is 22.0 Å². The number of hydrogen-bond acceptors (Lipinski definition) is 3. The lowest BCUT2D eigenvalue weighted by atomic mass is 10.2. The zero-order valence-electron chi connectivity index (χ0n) is 12.5.